The average molecular weight is 198 g/mol. The fraction of sp³-hybridized carbons (Fsp3) is 1.00. The molecule has 1 aliphatic carbocycles. The molecule has 0 aliphatic heterocycles. The second kappa shape index (κ2) is 5.72. The molecular formula is C12H26N2. The lowest BCUT2D eigenvalue weighted by molar-refractivity contribution is 0.310. The van der Waals surface area contributed by atoms with E-state index in [4.69, 9.17) is 5.73 Å². The SMILES string of the molecule is CCCC(N)CNCC1(C)CCCC1. The van der Waals surface area contributed by atoms with Gasteiger partial charge in [-0.25, -0.2) is 0 Å². The lowest BCUT2D eigenvalue weighted by atomic mass is 9.89. The van der Waals surface area contributed by atoms with Gasteiger partial charge >= 0.3 is 0 Å². The van der Waals surface area contributed by atoms with Crippen molar-refractivity contribution in [2.75, 3.05) is 13.1 Å². The summed E-state index contributed by atoms with van der Waals surface area (Å²) in [5.41, 5.74) is 6.51. The van der Waals surface area contributed by atoms with Gasteiger partial charge in [0.1, 0.15) is 0 Å². The first-order valence-electron chi connectivity index (χ1n) is 6.12. The van der Waals surface area contributed by atoms with Crippen molar-refractivity contribution in [3.63, 3.8) is 0 Å². The molecule has 1 atom stereocenters. The molecule has 0 radical (unpaired) electrons. The predicted octanol–water partition coefficient (Wildman–Crippen LogP) is 2.28. The first-order valence-corrected chi connectivity index (χ1v) is 6.12. The molecule has 2 nitrogen and oxygen atoms in total. The summed E-state index contributed by atoms with van der Waals surface area (Å²) >= 11 is 0. The van der Waals surface area contributed by atoms with Crippen LogP contribution >= 0.6 is 0 Å². The van der Waals surface area contributed by atoms with E-state index in [2.05, 4.69) is 19.2 Å². The Balaban J connectivity index is 2.08. The molecule has 1 rings (SSSR count). The van der Waals surface area contributed by atoms with E-state index < -0.39 is 0 Å². The van der Waals surface area contributed by atoms with Crippen molar-refractivity contribution in [2.24, 2.45) is 11.1 Å². The van der Waals surface area contributed by atoms with Crippen molar-refractivity contribution in [3.05, 3.63) is 0 Å². The summed E-state index contributed by atoms with van der Waals surface area (Å²) in [4.78, 5) is 0. The third-order valence-electron chi connectivity index (χ3n) is 3.43. The molecule has 0 heterocycles. The largest absolute Gasteiger partial charge is 0.327 e. The average Bonchev–Trinajstić information content (AvgIpc) is 2.53. The number of hydrogen-bond donors (Lipinski definition) is 2. The van der Waals surface area contributed by atoms with Crippen LogP contribution in [0.25, 0.3) is 0 Å². The van der Waals surface area contributed by atoms with Crippen LogP contribution in [0.3, 0.4) is 0 Å². The van der Waals surface area contributed by atoms with E-state index >= 15 is 0 Å². The fourth-order valence-electron chi connectivity index (χ4n) is 2.44. The minimum absolute atomic E-state index is 0.352. The monoisotopic (exact) mass is 198 g/mol. The van der Waals surface area contributed by atoms with Crippen molar-refractivity contribution in [3.8, 4) is 0 Å². The molecule has 0 aromatic rings. The van der Waals surface area contributed by atoms with E-state index in [0.717, 1.165) is 19.5 Å². The van der Waals surface area contributed by atoms with Crippen LogP contribution in [0.15, 0.2) is 0 Å². The number of rotatable bonds is 6. The van der Waals surface area contributed by atoms with Gasteiger partial charge in [0.15, 0.2) is 0 Å². The molecule has 1 fully saturated rings. The number of hydrogen-bond acceptors (Lipinski definition) is 2. The van der Waals surface area contributed by atoms with Gasteiger partial charge in [-0.05, 0) is 24.7 Å². The standard InChI is InChI=1S/C12H26N2/c1-3-6-11(13)9-14-10-12(2)7-4-5-8-12/h11,14H,3-10,13H2,1-2H3. The van der Waals surface area contributed by atoms with Crippen molar-refractivity contribution >= 4 is 0 Å². The summed E-state index contributed by atoms with van der Waals surface area (Å²) < 4.78 is 0. The molecule has 1 unspecified atom stereocenters. The van der Waals surface area contributed by atoms with Crippen LogP contribution in [-0.4, -0.2) is 19.1 Å². The highest BCUT2D eigenvalue weighted by Gasteiger charge is 2.27. The summed E-state index contributed by atoms with van der Waals surface area (Å²) in [6, 6.07) is 0.352. The van der Waals surface area contributed by atoms with Crippen LogP contribution < -0.4 is 11.1 Å². The zero-order valence-electron chi connectivity index (χ0n) is 9.81. The van der Waals surface area contributed by atoms with Crippen LogP contribution in [0.4, 0.5) is 0 Å². The summed E-state index contributed by atoms with van der Waals surface area (Å²) in [6.45, 7) is 6.74. The Kier molecular flexibility index (Phi) is 4.90. The molecule has 2 heteroatoms. The van der Waals surface area contributed by atoms with Crippen LogP contribution in [0, 0.1) is 5.41 Å². The molecule has 0 saturated heterocycles. The minimum atomic E-state index is 0.352. The maximum absolute atomic E-state index is 5.95. The molecule has 14 heavy (non-hydrogen) atoms. The van der Waals surface area contributed by atoms with E-state index in [1.54, 1.807) is 0 Å². The van der Waals surface area contributed by atoms with Crippen LogP contribution in [0.5, 0.6) is 0 Å². The molecule has 0 aromatic heterocycles. The van der Waals surface area contributed by atoms with Crippen LogP contribution in [0.2, 0.25) is 0 Å². The lowest BCUT2D eigenvalue weighted by Gasteiger charge is -2.24. The fourth-order valence-corrected chi connectivity index (χ4v) is 2.44. The van der Waals surface area contributed by atoms with Crippen molar-refractivity contribution in [1.82, 2.24) is 5.32 Å². The maximum atomic E-state index is 5.95. The third-order valence-corrected chi connectivity index (χ3v) is 3.43. The zero-order chi connectivity index (χ0) is 10.4. The van der Waals surface area contributed by atoms with Crippen LogP contribution in [0.1, 0.15) is 52.4 Å². The molecule has 0 amide bonds. The van der Waals surface area contributed by atoms with Gasteiger partial charge in [-0.3, -0.25) is 0 Å². The highest BCUT2D eigenvalue weighted by atomic mass is 14.9. The normalized spacial score (nSPS) is 22.5. The predicted molar refractivity (Wildman–Crippen MR) is 62.3 cm³/mol. The lowest BCUT2D eigenvalue weighted by Crippen LogP contribution is -2.38. The molecule has 0 aromatic carbocycles. The Morgan fingerprint density at radius 3 is 2.57 bits per heavy atom. The van der Waals surface area contributed by atoms with E-state index in [-0.39, 0.29) is 0 Å². The smallest absolute Gasteiger partial charge is 0.0165 e. The highest BCUT2D eigenvalue weighted by Crippen LogP contribution is 2.36. The van der Waals surface area contributed by atoms with E-state index in [1.807, 2.05) is 0 Å². The summed E-state index contributed by atoms with van der Waals surface area (Å²) in [5, 5.41) is 3.53. The maximum Gasteiger partial charge on any atom is 0.0165 e. The summed E-state index contributed by atoms with van der Waals surface area (Å²) in [5.74, 6) is 0. The van der Waals surface area contributed by atoms with Crippen molar-refractivity contribution in [1.29, 1.82) is 0 Å². The van der Waals surface area contributed by atoms with Crippen molar-refractivity contribution in [2.45, 2.75) is 58.4 Å². The molecule has 0 spiro atoms. The molecular weight excluding hydrogens is 172 g/mol. The Labute approximate surface area is 88.6 Å². The molecule has 1 aliphatic rings. The van der Waals surface area contributed by atoms with Gasteiger partial charge in [0, 0.05) is 19.1 Å². The Morgan fingerprint density at radius 2 is 2.00 bits per heavy atom. The van der Waals surface area contributed by atoms with E-state index in [9.17, 15) is 0 Å². The van der Waals surface area contributed by atoms with E-state index in [1.165, 1.54) is 32.1 Å². The van der Waals surface area contributed by atoms with Gasteiger partial charge in [0.2, 0.25) is 0 Å². The van der Waals surface area contributed by atoms with Gasteiger partial charge in [-0.15, -0.1) is 0 Å². The Bertz CT molecular complexity index is 150. The minimum Gasteiger partial charge on any atom is -0.327 e. The third kappa shape index (κ3) is 3.97. The Morgan fingerprint density at radius 1 is 1.36 bits per heavy atom. The van der Waals surface area contributed by atoms with Gasteiger partial charge in [0.05, 0.1) is 0 Å². The number of nitrogens with one attached hydrogen (secondary N) is 1. The van der Waals surface area contributed by atoms with Gasteiger partial charge in [0.25, 0.3) is 0 Å². The van der Waals surface area contributed by atoms with Gasteiger partial charge in [-0.1, -0.05) is 33.1 Å². The van der Waals surface area contributed by atoms with E-state index in [0.29, 0.717) is 11.5 Å². The second-order valence-corrected chi connectivity index (χ2v) is 5.20. The molecule has 3 N–H and O–H groups in total. The van der Waals surface area contributed by atoms with Gasteiger partial charge < -0.3 is 11.1 Å². The summed E-state index contributed by atoms with van der Waals surface area (Å²) in [7, 11) is 0. The highest BCUT2D eigenvalue weighted by molar-refractivity contribution is 4.82. The summed E-state index contributed by atoms with van der Waals surface area (Å²) in [6.07, 6.45) is 7.95. The second-order valence-electron chi connectivity index (χ2n) is 5.20. The quantitative estimate of drug-likeness (QED) is 0.687. The first-order chi connectivity index (χ1) is 6.66. The van der Waals surface area contributed by atoms with Crippen LogP contribution in [-0.2, 0) is 0 Å². The number of nitrogens with two attached hydrogens (primary N) is 1. The molecule has 84 valence electrons. The van der Waals surface area contributed by atoms with Gasteiger partial charge in [-0.2, -0.15) is 0 Å². The Hall–Kier alpha value is -0.0800. The topological polar surface area (TPSA) is 38.0 Å². The molecule has 1 saturated carbocycles. The molecule has 0 bridgehead atoms. The first kappa shape index (κ1) is 12.0. The van der Waals surface area contributed by atoms with Crippen molar-refractivity contribution < 1.29 is 0 Å². The zero-order valence-corrected chi connectivity index (χ0v) is 9.81.